The Kier molecular flexibility index (Phi) is 2.37. The first-order valence-corrected chi connectivity index (χ1v) is 4.83. The van der Waals surface area contributed by atoms with E-state index in [2.05, 4.69) is 4.98 Å². The van der Waals surface area contributed by atoms with Crippen LogP contribution in [0, 0.1) is 0 Å². The molecular formula is C10H14N2O2. The van der Waals surface area contributed by atoms with Crippen molar-refractivity contribution in [2.45, 2.75) is 25.3 Å². The van der Waals surface area contributed by atoms with Gasteiger partial charge in [-0.2, -0.15) is 0 Å². The summed E-state index contributed by atoms with van der Waals surface area (Å²) in [5.74, 6) is 0.193. The third-order valence-corrected chi connectivity index (χ3v) is 2.97. The molecule has 76 valence electrons. The maximum absolute atomic E-state index is 11.7. The summed E-state index contributed by atoms with van der Waals surface area (Å²) in [6, 6.07) is 0. The number of nitrogens with zero attached hydrogens (tertiary/aromatic N) is 2. The van der Waals surface area contributed by atoms with E-state index in [-0.39, 0.29) is 5.78 Å². The molecule has 1 aromatic heterocycles. The van der Waals surface area contributed by atoms with E-state index in [1.807, 2.05) is 10.8 Å². The fourth-order valence-corrected chi connectivity index (χ4v) is 2.01. The van der Waals surface area contributed by atoms with Gasteiger partial charge in [0.15, 0.2) is 5.78 Å². The summed E-state index contributed by atoms with van der Waals surface area (Å²) in [6.45, 7) is 2.95. The number of hydrogen-bond acceptors (Lipinski definition) is 3. The topological polar surface area (TPSA) is 44.1 Å². The van der Waals surface area contributed by atoms with Crippen molar-refractivity contribution >= 4 is 5.78 Å². The monoisotopic (exact) mass is 194 g/mol. The minimum absolute atomic E-state index is 0.193. The molecular weight excluding hydrogens is 180 g/mol. The Balaban J connectivity index is 2.35. The molecule has 0 amide bonds. The fourth-order valence-electron chi connectivity index (χ4n) is 2.01. The molecule has 14 heavy (non-hydrogen) atoms. The molecule has 1 aromatic rings. The summed E-state index contributed by atoms with van der Waals surface area (Å²) in [4.78, 5) is 15.7. The number of hydrogen-bond donors (Lipinski definition) is 0. The zero-order valence-corrected chi connectivity index (χ0v) is 8.27. The van der Waals surface area contributed by atoms with Gasteiger partial charge in [-0.15, -0.1) is 0 Å². The molecule has 4 nitrogen and oxygen atoms in total. The molecule has 1 aliphatic heterocycles. The lowest BCUT2D eigenvalue weighted by atomic mass is 9.86. The van der Waals surface area contributed by atoms with Crippen molar-refractivity contribution in [2.24, 2.45) is 0 Å². The van der Waals surface area contributed by atoms with Gasteiger partial charge in [0, 0.05) is 38.4 Å². The van der Waals surface area contributed by atoms with Crippen molar-refractivity contribution in [1.29, 1.82) is 0 Å². The largest absolute Gasteiger partial charge is 0.381 e. The maximum atomic E-state index is 11.7. The average Bonchev–Trinajstić information content (AvgIpc) is 2.72. The molecule has 0 saturated carbocycles. The molecule has 2 rings (SSSR count). The van der Waals surface area contributed by atoms with Crippen molar-refractivity contribution in [2.75, 3.05) is 13.2 Å². The van der Waals surface area contributed by atoms with Crippen molar-refractivity contribution in [1.82, 2.24) is 9.55 Å². The number of ether oxygens (including phenoxy) is 1. The predicted octanol–water partition coefficient (Wildman–Crippen LogP) is 0.978. The predicted molar refractivity (Wildman–Crippen MR) is 50.9 cm³/mol. The Bertz CT molecular complexity index is 313. The highest BCUT2D eigenvalue weighted by atomic mass is 16.5. The number of imidazole rings is 1. The molecule has 0 unspecified atom stereocenters. The van der Waals surface area contributed by atoms with Gasteiger partial charge in [0.1, 0.15) is 5.54 Å². The standard InChI is InChI=1S/C10H14N2O2/c1-9(13)10(2-6-14-7-3-10)12-5-4-11-8-12/h4-5,8H,2-3,6-7H2,1H3. The molecule has 0 aliphatic carbocycles. The number of rotatable bonds is 2. The van der Waals surface area contributed by atoms with E-state index in [9.17, 15) is 4.79 Å². The Hall–Kier alpha value is -1.16. The van der Waals surface area contributed by atoms with Crippen LogP contribution in [-0.2, 0) is 15.1 Å². The number of ketones is 1. The van der Waals surface area contributed by atoms with Gasteiger partial charge in [0.2, 0.25) is 0 Å². The summed E-state index contributed by atoms with van der Waals surface area (Å²) in [5, 5.41) is 0. The van der Waals surface area contributed by atoms with E-state index >= 15 is 0 Å². The highest BCUT2D eigenvalue weighted by Crippen LogP contribution is 2.29. The average molecular weight is 194 g/mol. The normalized spacial score (nSPS) is 20.6. The smallest absolute Gasteiger partial charge is 0.155 e. The van der Waals surface area contributed by atoms with E-state index in [0.29, 0.717) is 13.2 Å². The number of carbonyl (C=O) groups excluding carboxylic acids is 1. The molecule has 2 heterocycles. The molecule has 0 atom stereocenters. The van der Waals surface area contributed by atoms with E-state index < -0.39 is 5.54 Å². The van der Waals surface area contributed by atoms with E-state index in [4.69, 9.17) is 4.74 Å². The Morgan fingerprint density at radius 3 is 2.71 bits per heavy atom. The lowest BCUT2D eigenvalue weighted by Gasteiger charge is -2.35. The summed E-state index contributed by atoms with van der Waals surface area (Å²) in [5.41, 5.74) is -0.408. The van der Waals surface area contributed by atoms with Crippen molar-refractivity contribution in [3.8, 4) is 0 Å². The fraction of sp³-hybridized carbons (Fsp3) is 0.600. The Labute approximate surface area is 82.9 Å². The minimum atomic E-state index is -0.408. The van der Waals surface area contributed by atoms with Gasteiger partial charge in [-0.3, -0.25) is 4.79 Å². The SMILES string of the molecule is CC(=O)C1(n2ccnc2)CCOCC1. The lowest BCUT2D eigenvalue weighted by Crippen LogP contribution is -2.44. The minimum Gasteiger partial charge on any atom is -0.381 e. The maximum Gasteiger partial charge on any atom is 0.155 e. The van der Waals surface area contributed by atoms with Crippen LogP contribution in [0.1, 0.15) is 19.8 Å². The van der Waals surface area contributed by atoms with Gasteiger partial charge in [-0.1, -0.05) is 0 Å². The summed E-state index contributed by atoms with van der Waals surface area (Å²) in [7, 11) is 0. The first kappa shape index (κ1) is 9.40. The first-order chi connectivity index (χ1) is 6.76. The summed E-state index contributed by atoms with van der Waals surface area (Å²) < 4.78 is 7.20. The van der Waals surface area contributed by atoms with Gasteiger partial charge in [-0.25, -0.2) is 4.98 Å². The molecule has 0 N–H and O–H groups in total. The van der Waals surface area contributed by atoms with Crippen LogP contribution in [-0.4, -0.2) is 28.5 Å². The van der Waals surface area contributed by atoms with E-state index in [0.717, 1.165) is 12.8 Å². The third kappa shape index (κ3) is 1.35. The van der Waals surface area contributed by atoms with Crippen LogP contribution in [0.4, 0.5) is 0 Å². The van der Waals surface area contributed by atoms with Crippen molar-refractivity contribution in [3.63, 3.8) is 0 Å². The third-order valence-electron chi connectivity index (χ3n) is 2.97. The quantitative estimate of drug-likeness (QED) is 0.704. The van der Waals surface area contributed by atoms with Crippen LogP contribution in [0.2, 0.25) is 0 Å². The molecule has 4 heteroatoms. The molecule has 1 fully saturated rings. The van der Waals surface area contributed by atoms with Gasteiger partial charge >= 0.3 is 0 Å². The molecule has 0 spiro atoms. The molecule has 1 aliphatic rings. The number of carbonyl (C=O) groups is 1. The molecule has 0 radical (unpaired) electrons. The second-order valence-corrected chi connectivity index (χ2v) is 3.67. The van der Waals surface area contributed by atoms with E-state index in [1.54, 1.807) is 19.4 Å². The van der Waals surface area contributed by atoms with Gasteiger partial charge < -0.3 is 9.30 Å². The molecule has 0 aromatic carbocycles. The Morgan fingerprint density at radius 1 is 1.50 bits per heavy atom. The summed E-state index contributed by atoms with van der Waals surface area (Å²) >= 11 is 0. The highest BCUT2D eigenvalue weighted by molar-refractivity contribution is 5.84. The van der Waals surface area contributed by atoms with Crippen LogP contribution < -0.4 is 0 Å². The van der Waals surface area contributed by atoms with Crippen LogP contribution in [0.5, 0.6) is 0 Å². The van der Waals surface area contributed by atoms with Gasteiger partial charge in [0.25, 0.3) is 0 Å². The van der Waals surface area contributed by atoms with Crippen molar-refractivity contribution < 1.29 is 9.53 Å². The van der Waals surface area contributed by atoms with Gasteiger partial charge in [-0.05, 0) is 6.92 Å². The molecule has 0 bridgehead atoms. The van der Waals surface area contributed by atoms with Gasteiger partial charge in [0.05, 0.1) is 6.33 Å². The first-order valence-electron chi connectivity index (χ1n) is 4.83. The number of Topliss-reactive ketones (excluding diaryl/α,β-unsaturated/α-hetero) is 1. The van der Waals surface area contributed by atoms with Crippen LogP contribution >= 0.6 is 0 Å². The van der Waals surface area contributed by atoms with Crippen LogP contribution in [0.15, 0.2) is 18.7 Å². The van der Waals surface area contributed by atoms with Crippen LogP contribution in [0.25, 0.3) is 0 Å². The Morgan fingerprint density at radius 2 is 2.21 bits per heavy atom. The lowest BCUT2D eigenvalue weighted by molar-refractivity contribution is -0.130. The number of aromatic nitrogens is 2. The highest BCUT2D eigenvalue weighted by Gasteiger charge is 2.38. The zero-order valence-electron chi connectivity index (χ0n) is 8.27. The second kappa shape index (κ2) is 3.53. The zero-order chi connectivity index (χ0) is 10.0. The summed E-state index contributed by atoms with van der Waals surface area (Å²) in [6.07, 6.45) is 6.77. The van der Waals surface area contributed by atoms with Crippen molar-refractivity contribution in [3.05, 3.63) is 18.7 Å². The molecule has 1 saturated heterocycles. The second-order valence-electron chi connectivity index (χ2n) is 3.67. The van der Waals surface area contributed by atoms with Crippen LogP contribution in [0.3, 0.4) is 0 Å². The van der Waals surface area contributed by atoms with E-state index in [1.165, 1.54) is 0 Å².